The van der Waals surface area contributed by atoms with Crippen molar-refractivity contribution in [3.63, 3.8) is 0 Å². The zero-order chi connectivity index (χ0) is 19.0. The average molecular weight is 369 g/mol. The van der Waals surface area contributed by atoms with Crippen LogP contribution in [0.2, 0.25) is 0 Å². The highest BCUT2D eigenvalue weighted by molar-refractivity contribution is 7.18. The van der Waals surface area contributed by atoms with Crippen LogP contribution >= 0.6 is 11.3 Å². The lowest BCUT2D eigenvalue weighted by molar-refractivity contribution is -0.118. The summed E-state index contributed by atoms with van der Waals surface area (Å²) in [6.45, 7) is 9.73. The summed E-state index contributed by atoms with van der Waals surface area (Å²) in [5.41, 5.74) is 3.80. The van der Waals surface area contributed by atoms with Crippen molar-refractivity contribution >= 4 is 33.1 Å². The van der Waals surface area contributed by atoms with Crippen LogP contribution in [0.25, 0.3) is 10.2 Å². The molecule has 1 unspecified atom stereocenters. The monoisotopic (exact) mass is 369 g/mol. The van der Waals surface area contributed by atoms with Gasteiger partial charge >= 0.3 is 0 Å². The lowest BCUT2D eigenvalue weighted by Crippen LogP contribution is -2.31. The third kappa shape index (κ3) is 3.29. The molecule has 6 heteroatoms. The van der Waals surface area contributed by atoms with E-state index in [9.17, 15) is 9.59 Å². The van der Waals surface area contributed by atoms with Crippen molar-refractivity contribution in [3.05, 3.63) is 56.4 Å². The van der Waals surface area contributed by atoms with E-state index >= 15 is 0 Å². The van der Waals surface area contributed by atoms with Crippen molar-refractivity contribution in [1.29, 1.82) is 0 Å². The highest BCUT2D eigenvalue weighted by Gasteiger charge is 2.20. The number of benzene rings is 1. The Morgan fingerprint density at radius 1 is 1.23 bits per heavy atom. The van der Waals surface area contributed by atoms with E-state index in [2.05, 4.69) is 10.3 Å². The number of rotatable bonds is 4. The van der Waals surface area contributed by atoms with Crippen LogP contribution < -0.4 is 10.9 Å². The molecule has 1 amide bonds. The second-order valence-corrected chi connectivity index (χ2v) is 7.80. The molecule has 136 valence electrons. The number of amides is 1. The molecular weight excluding hydrogens is 346 g/mol. The molecule has 0 bridgehead atoms. The van der Waals surface area contributed by atoms with Gasteiger partial charge in [0.05, 0.1) is 11.7 Å². The van der Waals surface area contributed by atoms with Crippen LogP contribution in [0.1, 0.15) is 41.5 Å². The van der Waals surface area contributed by atoms with Crippen molar-refractivity contribution in [2.75, 3.05) is 5.32 Å². The van der Waals surface area contributed by atoms with E-state index in [0.29, 0.717) is 5.39 Å². The van der Waals surface area contributed by atoms with Crippen LogP contribution in [-0.2, 0) is 11.2 Å². The van der Waals surface area contributed by atoms with Crippen molar-refractivity contribution in [3.8, 4) is 0 Å². The third-order valence-corrected chi connectivity index (χ3v) is 5.79. The van der Waals surface area contributed by atoms with Crippen LogP contribution in [0.15, 0.2) is 29.3 Å². The van der Waals surface area contributed by atoms with E-state index in [-0.39, 0.29) is 11.5 Å². The molecule has 1 N–H and O–H groups in total. The van der Waals surface area contributed by atoms with Crippen molar-refractivity contribution in [2.45, 2.75) is 47.1 Å². The molecular formula is C20H23N3O2S. The first-order valence-electron chi connectivity index (χ1n) is 8.70. The van der Waals surface area contributed by atoms with Gasteiger partial charge < -0.3 is 5.32 Å². The molecule has 3 aromatic rings. The molecule has 2 heterocycles. The van der Waals surface area contributed by atoms with Gasteiger partial charge in [0.1, 0.15) is 10.9 Å². The summed E-state index contributed by atoms with van der Waals surface area (Å²) in [7, 11) is 0. The highest BCUT2D eigenvalue weighted by atomic mass is 32.1. The van der Waals surface area contributed by atoms with Gasteiger partial charge in [-0.15, -0.1) is 11.3 Å². The largest absolute Gasteiger partial charge is 0.324 e. The number of nitrogens with zero attached hydrogens (tertiary/aromatic N) is 2. The second-order valence-electron chi connectivity index (χ2n) is 6.68. The Bertz CT molecular complexity index is 1030. The average Bonchev–Trinajstić information content (AvgIpc) is 3.02. The summed E-state index contributed by atoms with van der Waals surface area (Å²) in [6, 6.07) is 5.30. The second kappa shape index (κ2) is 7.03. The van der Waals surface area contributed by atoms with Gasteiger partial charge in [-0.2, -0.15) is 0 Å². The minimum Gasteiger partial charge on any atom is -0.324 e. The van der Waals surface area contributed by atoms with E-state index in [0.717, 1.165) is 38.5 Å². The standard InChI is InChI=1S/C20H23N3O2S/c1-6-15-9-16-19(26-15)21-10-23(20(16)25)14(5)18(24)22-17-12(3)7-11(2)8-13(17)4/h7-10,14H,6H2,1-5H3,(H,22,24). The van der Waals surface area contributed by atoms with Gasteiger partial charge in [-0.3, -0.25) is 14.2 Å². The number of hydrogen-bond donors (Lipinski definition) is 1. The maximum atomic E-state index is 12.8. The van der Waals surface area contributed by atoms with Crippen molar-refractivity contribution in [2.24, 2.45) is 0 Å². The summed E-state index contributed by atoms with van der Waals surface area (Å²) >= 11 is 1.52. The van der Waals surface area contributed by atoms with Gasteiger partial charge in [-0.1, -0.05) is 24.6 Å². The van der Waals surface area contributed by atoms with E-state index < -0.39 is 6.04 Å². The number of thiophene rings is 1. The maximum absolute atomic E-state index is 12.8. The van der Waals surface area contributed by atoms with Gasteiger partial charge in [-0.25, -0.2) is 4.98 Å². The normalized spacial score (nSPS) is 12.3. The molecule has 0 radical (unpaired) electrons. The number of anilines is 1. The number of hydrogen-bond acceptors (Lipinski definition) is 4. The molecule has 26 heavy (non-hydrogen) atoms. The summed E-state index contributed by atoms with van der Waals surface area (Å²) in [5, 5.41) is 3.55. The molecule has 0 fully saturated rings. The fraction of sp³-hybridized carbons (Fsp3) is 0.350. The molecule has 0 aliphatic carbocycles. The summed E-state index contributed by atoms with van der Waals surface area (Å²) in [4.78, 5) is 31.7. The van der Waals surface area contributed by atoms with Gasteiger partial charge in [-0.05, 0) is 51.3 Å². The molecule has 0 aliphatic rings. The summed E-state index contributed by atoms with van der Waals surface area (Å²) in [5.74, 6) is -0.228. The van der Waals surface area contributed by atoms with Crippen molar-refractivity contribution < 1.29 is 4.79 Å². The molecule has 3 rings (SSSR count). The molecule has 1 aromatic carbocycles. The summed E-state index contributed by atoms with van der Waals surface area (Å²) in [6.07, 6.45) is 2.34. The van der Waals surface area contributed by atoms with E-state index in [1.54, 1.807) is 6.92 Å². The molecule has 0 aliphatic heterocycles. The predicted octanol–water partition coefficient (Wildman–Crippen LogP) is 4.15. The Labute approximate surface area is 156 Å². The quantitative estimate of drug-likeness (QED) is 0.751. The molecule has 0 spiro atoms. The topological polar surface area (TPSA) is 64.0 Å². The number of nitrogens with one attached hydrogen (secondary N) is 1. The van der Waals surface area contributed by atoms with Gasteiger partial charge in [0.15, 0.2) is 0 Å². The van der Waals surface area contributed by atoms with Crippen LogP contribution in [0.3, 0.4) is 0 Å². The number of aryl methyl sites for hydroxylation is 4. The first-order valence-corrected chi connectivity index (χ1v) is 9.51. The number of carbonyl (C=O) groups excluding carboxylic acids is 1. The Kier molecular flexibility index (Phi) is 4.96. The van der Waals surface area contributed by atoms with Gasteiger partial charge in [0, 0.05) is 10.6 Å². The Balaban J connectivity index is 1.93. The number of carbonyl (C=O) groups is 1. The third-order valence-electron chi connectivity index (χ3n) is 4.60. The SMILES string of the molecule is CCc1cc2c(=O)n(C(C)C(=O)Nc3c(C)cc(C)cc3C)cnc2s1. The smallest absolute Gasteiger partial charge is 0.262 e. The highest BCUT2D eigenvalue weighted by Crippen LogP contribution is 2.24. The Morgan fingerprint density at radius 3 is 2.50 bits per heavy atom. The fourth-order valence-electron chi connectivity index (χ4n) is 3.17. The van der Waals surface area contributed by atoms with Gasteiger partial charge in [0.25, 0.3) is 5.56 Å². The zero-order valence-corrected chi connectivity index (χ0v) is 16.5. The lowest BCUT2D eigenvalue weighted by atomic mass is 10.0. The van der Waals surface area contributed by atoms with E-state index in [4.69, 9.17) is 0 Å². The van der Waals surface area contributed by atoms with Crippen LogP contribution in [0, 0.1) is 20.8 Å². The maximum Gasteiger partial charge on any atom is 0.262 e. The van der Waals surface area contributed by atoms with Crippen LogP contribution in [0.4, 0.5) is 5.69 Å². The molecule has 0 saturated heterocycles. The van der Waals surface area contributed by atoms with Crippen molar-refractivity contribution in [1.82, 2.24) is 9.55 Å². The predicted molar refractivity (Wildman–Crippen MR) is 107 cm³/mol. The molecule has 5 nitrogen and oxygen atoms in total. The van der Waals surface area contributed by atoms with Gasteiger partial charge in [0.2, 0.25) is 5.91 Å². The fourth-order valence-corrected chi connectivity index (χ4v) is 4.09. The first kappa shape index (κ1) is 18.3. The molecule has 1 atom stereocenters. The van der Waals surface area contributed by atoms with E-state index in [1.165, 1.54) is 22.2 Å². The van der Waals surface area contributed by atoms with Crippen LogP contribution in [-0.4, -0.2) is 15.5 Å². The van der Waals surface area contributed by atoms with Crippen LogP contribution in [0.5, 0.6) is 0 Å². The first-order chi connectivity index (χ1) is 12.3. The number of aromatic nitrogens is 2. The Hall–Kier alpha value is -2.47. The molecule has 0 saturated carbocycles. The molecule has 2 aromatic heterocycles. The minimum absolute atomic E-state index is 0.175. The zero-order valence-electron chi connectivity index (χ0n) is 15.7. The lowest BCUT2D eigenvalue weighted by Gasteiger charge is -2.17. The number of fused-ring (bicyclic) bond motifs is 1. The Morgan fingerprint density at radius 2 is 1.88 bits per heavy atom. The van der Waals surface area contributed by atoms with E-state index in [1.807, 2.05) is 45.9 Å². The summed E-state index contributed by atoms with van der Waals surface area (Å²) < 4.78 is 1.41. The minimum atomic E-state index is -0.649.